The first-order valence-electron chi connectivity index (χ1n) is 18.1. The maximum Gasteiger partial charge on any atom is 0.253 e. The molecule has 6 aromatic carbocycles. The van der Waals surface area contributed by atoms with Crippen molar-refractivity contribution < 1.29 is 60.4 Å². The molecule has 0 fully saturated rings. The molecule has 0 aromatic heterocycles. The highest BCUT2D eigenvalue weighted by molar-refractivity contribution is 5.94. The largest absolute Gasteiger partial charge is 0.503 e. The van der Waals surface area contributed by atoms with Crippen LogP contribution in [0.3, 0.4) is 0 Å². The summed E-state index contributed by atoms with van der Waals surface area (Å²) in [7, 11) is 6.55. The van der Waals surface area contributed by atoms with E-state index in [1.165, 1.54) is 46.2 Å². The highest BCUT2D eigenvalue weighted by Gasteiger charge is 2.16. The van der Waals surface area contributed by atoms with Crippen molar-refractivity contribution in [1.29, 1.82) is 0 Å². The SMILES string of the molecule is CN(C)C(=O)c1cccc(Oc2cc(CO)ccc2N=O)c1.CN(C)C(=O)c1cccc(Oc2cc(COc3c(F)cc(F)cc3F)ccc2N=O)c1.Oc1c(F)cc(F)cc1F. The Morgan fingerprint density at radius 3 is 1.40 bits per heavy atom. The van der Waals surface area contributed by atoms with Crippen molar-refractivity contribution in [1.82, 2.24) is 9.80 Å². The number of halogens is 6. The van der Waals surface area contributed by atoms with Gasteiger partial charge in [-0.05, 0) is 82.1 Å². The van der Waals surface area contributed by atoms with Crippen molar-refractivity contribution in [2.45, 2.75) is 13.2 Å². The van der Waals surface area contributed by atoms with E-state index in [4.69, 9.17) is 24.4 Å². The highest BCUT2D eigenvalue weighted by Crippen LogP contribution is 2.35. The molecule has 6 aromatic rings. The maximum absolute atomic E-state index is 13.7. The molecule has 0 aliphatic heterocycles. The molecule has 63 heavy (non-hydrogen) atoms. The van der Waals surface area contributed by atoms with Gasteiger partial charge in [0.2, 0.25) is 0 Å². The van der Waals surface area contributed by atoms with E-state index in [0.717, 1.165) is 0 Å². The van der Waals surface area contributed by atoms with Crippen molar-refractivity contribution in [3.05, 3.63) is 176 Å². The van der Waals surface area contributed by atoms with Crippen molar-refractivity contribution in [2.75, 3.05) is 28.2 Å². The minimum Gasteiger partial charge on any atom is -0.503 e. The summed E-state index contributed by atoms with van der Waals surface area (Å²) < 4.78 is 93.2. The van der Waals surface area contributed by atoms with Gasteiger partial charge < -0.3 is 34.2 Å². The van der Waals surface area contributed by atoms with E-state index in [9.17, 15) is 45.7 Å². The van der Waals surface area contributed by atoms with Crippen LogP contribution in [0.2, 0.25) is 0 Å². The lowest BCUT2D eigenvalue weighted by Gasteiger charge is -2.13. The molecule has 0 atom stereocenters. The number of benzene rings is 6. The number of aliphatic hydroxyl groups is 1. The summed E-state index contributed by atoms with van der Waals surface area (Å²) in [6.45, 7) is -0.456. The zero-order valence-electron chi connectivity index (χ0n) is 33.6. The second kappa shape index (κ2) is 22.2. The molecular formula is C44H36F6N4O9. The van der Waals surface area contributed by atoms with Gasteiger partial charge in [0.05, 0.1) is 6.61 Å². The number of hydrogen-bond donors (Lipinski definition) is 2. The summed E-state index contributed by atoms with van der Waals surface area (Å²) in [6, 6.07) is 23.6. The standard InChI is InChI=1S/C22H17F3N2O4.C16H16N2O4.C6H3F3O/c1-27(2)22(28)14-4-3-5-16(9-14)31-20-8-13(6-7-19(20)26-29)12-30-21-17(24)10-15(23)11-18(21)25;1-18(2)16(20)12-4-3-5-13(9-12)22-15-8-11(10-19)6-7-14(15)17-21;7-3-1-4(8)6(10)5(9)2-3/h3-11H,12H2,1-2H3;3-9,19H,10H2,1-2H3;1-2,10H. The fourth-order valence-electron chi connectivity index (χ4n) is 5.13. The first-order valence-corrected chi connectivity index (χ1v) is 18.1. The monoisotopic (exact) mass is 878 g/mol. The minimum atomic E-state index is -1.29. The molecule has 0 aliphatic carbocycles. The van der Waals surface area contributed by atoms with Crippen molar-refractivity contribution in [3.63, 3.8) is 0 Å². The summed E-state index contributed by atoms with van der Waals surface area (Å²) in [5, 5.41) is 23.4. The lowest BCUT2D eigenvalue weighted by molar-refractivity contribution is 0.0820. The number of amides is 2. The Labute approximate surface area is 355 Å². The lowest BCUT2D eigenvalue weighted by Crippen LogP contribution is -2.21. The third-order valence-electron chi connectivity index (χ3n) is 8.19. The lowest BCUT2D eigenvalue weighted by atomic mass is 10.2. The number of rotatable bonds is 12. The average molecular weight is 879 g/mol. The molecule has 2 amide bonds. The molecule has 0 heterocycles. The topological polar surface area (TPSA) is 168 Å². The van der Waals surface area contributed by atoms with E-state index in [0.29, 0.717) is 52.3 Å². The van der Waals surface area contributed by atoms with Crippen LogP contribution < -0.4 is 14.2 Å². The molecule has 328 valence electrons. The molecule has 0 bridgehead atoms. The maximum atomic E-state index is 13.7. The number of aromatic hydroxyl groups is 1. The zero-order chi connectivity index (χ0) is 46.4. The molecule has 19 heteroatoms. The van der Waals surface area contributed by atoms with Gasteiger partial charge in [-0.3, -0.25) is 9.59 Å². The number of hydrogen-bond acceptors (Lipinski definition) is 11. The number of ether oxygens (including phenoxy) is 3. The van der Waals surface area contributed by atoms with Gasteiger partial charge in [0.1, 0.15) is 29.7 Å². The van der Waals surface area contributed by atoms with Gasteiger partial charge in [0, 0.05) is 63.6 Å². The molecule has 0 aliphatic rings. The first kappa shape index (κ1) is 47.9. The van der Waals surface area contributed by atoms with E-state index in [1.54, 1.807) is 76.7 Å². The van der Waals surface area contributed by atoms with Gasteiger partial charge in [-0.25, -0.2) is 26.3 Å². The summed E-state index contributed by atoms with van der Waals surface area (Å²) in [6.07, 6.45) is 0. The van der Waals surface area contributed by atoms with Gasteiger partial charge in [0.25, 0.3) is 11.8 Å². The van der Waals surface area contributed by atoms with Crippen LogP contribution in [0.1, 0.15) is 31.8 Å². The second-order valence-corrected chi connectivity index (χ2v) is 13.3. The number of carbonyl (C=O) groups excluding carboxylic acids is 2. The van der Waals surface area contributed by atoms with E-state index < -0.39 is 46.4 Å². The number of carbonyl (C=O) groups is 2. The Bertz CT molecular complexity index is 2570. The van der Waals surface area contributed by atoms with Crippen LogP contribution in [0.4, 0.5) is 37.7 Å². The van der Waals surface area contributed by atoms with Gasteiger partial charge in [0.15, 0.2) is 57.6 Å². The summed E-state index contributed by atoms with van der Waals surface area (Å²) in [4.78, 5) is 48.9. The molecule has 0 saturated heterocycles. The number of nitrogens with zero attached hydrogens (tertiary/aromatic N) is 4. The molecule has 0 spiro atoms. The third-order valence-corrected chi connectivity index (χ3v) is 8.19. The van der Waals surface area contributed by atoms with Crippen LogP contribution in [-0.4, -0.2) is 60.0 Å². The van der Waals surface area contributed by atoms with E-state index in [-0.39, 0.29) is 53.7 Å². The van der Waals surface area contributed by atoms with Gasteiger partial charge in [-0.2, -0.15) is 0 Å². The van der Waals surface area contributed by atoms with E-state index >= 15 is 0 Å². The van der Waals surface area contributed by atoms with Crippen molar-refractivity contribution in [3.8, 4) is 34.5 Å². The van der Waals surface area contributed by atoms with Crippen LogP contribution in [0.5, 0.6) is 34.5 Å². The Kier molecular flexibility index (Phi) is 16.8. The summed E-state index contributed by atoms with van der Waals surface area (Å²) in [5.41, 5.74) is 1.97. The molecular weight excluding hydrogens is 842 g/mol. The van der Waals surface area contributed by atoms with Crippen LogP contribution in [0.25, 0.3) is 0 Å². The summed E-state index contributed by atoms with van der Waals surface area (Å²) in [5.74, 6) is -8.33. The number of aliphatic hydroxyl groups excluding tert-OH is 1. The number of phenolic OH excluding ortho intramolecular Hbond substituents is 1. The van der Waals surface area contributed by atoms with Gasteiger partial charge in [-0.1, -0.05) is 24.3 Å². The van der Waals surface area contributed by atoms with Crippen molar-refractivity contribution in [2.24, 2.45) is 10.4 Å². The molecule has 2 N–H and O–H groups in total. The van der Waals surface area contributed by atoms with Gasteiger partial charge in [-0.15, -0.1) is 9.81 Å². The highest BCUT2D eigenvalue weighted by atomic mass is 19.2. The van der Waals surface area contributed by atoms with E-state index in [2.05, 4.69) is 10.4 Å². The molecule has 0 saturated carbocycles. The third kappa shape index (κ3) is 13.3. The Morgan fingerprint density at radius 1 is 0.571 bits per heavy atom. The van der Waals surface area contributed by atoms with E-state index in [1.807, 2.05) is 0 Å². The van der Waals surface area contributed by atoms with Crippen LogP contribution in [-0.2, 0) is 13.2 Å². The smallest absolute Gasteiger partial charge is 0.253 e. The van der Waals surface area contributed by atoms with Crippen LogP contribution in [0.15, 0.2) is 120 Å². The van der Waals surface area contributed by atoms with Crippen LogP contribution >= 0.6 is 0 Å². The Morgan fingerprint density at radius 2 is 0.984 bits per heavy atom. The van der Waals surface area contributed by atoms with Gasteiger partial charge >= 0.3 is 0 Å². The number of nitroso groups, excluding NO2 is 2. The first-order chi connectivity index (χ1) is 29.9. The quantitative estimate of drug-likeness (QED) is 0.0898. The average Bonchev–Trinajstić information content (AvgIpc) is 3.25. The Hall–Kier alpha value is -7.80. The van der Waals surface area contributed by atoms with Crippen LogP contribution in [0, 0.1) is 44.7 Å². The second-order valence-electron chi connectivity index (χ2n) is 13.3. The molecule has 0 radical (unpaired) electrons. The fraction of sp³-hybridized carbons (Fsp3) is 0.136. The fourth-order valence-corrected chi connectivity index (χ4v) is 5.13. The predicted molar refractivity (Wildman–Crippen MR) is 217 cm³/mol. The minimum absolute atomic E-state index is 0.0211. The zero-order valence-corrected chi connectivity index (χ0v) is 33.6. The molecule has 13 nitrogen and oxygen atoms in total. The summed E-state index contributed by atoms with van der Waals surface area (Å²) >= 11 is 0. The van der Waals surface area contributed by atoms with Crippen molar-refractivity contribution >= 4 is 23.2 Å². The molecule has 0 unspecified atom stereocenters. The number of phenols is 1. The predicted octanol–water partition coefficient (Wildman–Crippen LogP) is 10.5. The molecule has 6 rings (SSSR count). The normalized spacial score (nSPS) is 10.3. The Balaban J connectivity index is 0.000000235.